The number of benzene rings is 2. The molecule has 0 aliphatic carbocycles. The van der Waals surface area contributed by atoms with E-state index in [4.69, 9.17) is 4.74 Å². The highest BCUT2D eigenvalue weighted by molar-refractivity contribution is 5.98. The Bertz CT molecular complexity index is 847. The molecule has 2 aromatic rings. The lowest BCUT2D eigenvalue weighted by atomic mass is 10.2. The van der Waals surface area contributed by atoms with E-state index in [1.807, 2.05) is 54.4 Å². The molecule has 3 rings (SSSR count). The Hall–Kier alpha value is -3.15. The van der Waals surface area contributed by atoms with Gasteiger partial charge >= 0.3 is 5.97 Å². The van der Waals surface area contributed by atoms with E-state index in [0.717, 1.165) is 30.1 Å². The topological polar surface area (TPSA) is 62.2 Å². The molecule has 0 N–H and O–H groups in total. The molecule has 6 nitrogen and oxygen atoms in total. The summed E-state index contributed by atoms with van der Waals surface area (Å²) in [6.07, 6.45) is 0.0615. The van der Waals surface area contributed by atoms with Crippen molar-refractivity contribution in [2.75, 3.05) is 23.5 Å². The number of anilines is 2. The van der Waals surface area contributed by atoms with Gasteiger partial charge in [-0.1, -0.05) is 18.2 Å². The van der Waals surface area contributed by atoms with Gasteiger partial charge in [-0.3, -0.25) is 9.80 Å². The van der Waals surface area contributed by atoms with Crippen LogP contribution in [0.3, 0.4) is 0 Å². The number of hydrazone groups is 1. The van der Waals surface area contributed by atoms with Crippen molar-refractivity contribution in [2.24, 2.45) is 5.10 Å². The molecule has 1 aliphatic heterocycles. The minimum Gasteiger partial charge on any atom is -0.449 e. The number of esters is 1. The molecule has 6 heteroatoms. The van der Waals surface area contributed by atoms with Crippen LogP contribution >= 0.6 is 0 Å². The van der Waals surface area contributed by atoms with Gasteiger partial charge in [0.05, 0.1) is 11.3 Å². The maximum absolute atomic E-state index is 12.5. The zero-order valence-corrected chi connectivity index (χ0v) is 15.8. The third-order valence-electron chi connectivity index (χ3n) is 4.48. The lowest BCUT2D eigenvalue weighted by Crippen LogP contribution is -2.37. The van der Waals surface area contributed by atoms with Crippen LogP contribution in [-0.4, -0.2) is 37.3 Å². The summed E-state index contributed by atoms with van der Waals surface area (Å²) in [4.78, 5) is 26.3. The van der Waals surface area contributed by atoms with Crippen molar-refractivity contribution < 1.29 is 14.3 Å². The summed E-state index contributed by atoms with van der Waals surface area (Å²) < 4.78 is 5.35. The van der Waals surface area contributed by atoms with Gasteiger partial charge in [-0.25, -0.2) is 4.79 Å². The number of ether oxygens (including phenoxy) is 1. The van der Waals surface area contributed by atoms with Crippen molar-refractivity contribution in [3.63, 3.8) is 0 Å². The molecule has 0 radical (unpaired) electrons. The smallest absolute Gasteiger partial charge is 0.338 e. The summed E-state index contributed by atoms with van der Waals surface area (Å²) >= 11 is 0. The second-order valence-corrected chi connectivity index (χ2v) is 6.54. The Morgan fingerprint density at radius 3 is 2.37 bits per heavy atom. The van der Waals surface area contributed by atoms with Crippen LogP contribution in [0, 0.1) is 0 Å². The van der Waals surface area contributed by atoms with Gasteiger partial charge < -0.3 is 9.64 Å². The number of carbonyl (C=O) groups excluding carboxylic acids is 2. The van der Waals surface area contributed by atoms with Crippen LogP contribution in [0.1, 0.15) is 30.6 Å². The average molecular weight is 365 g/mol. The minimum absolute atomic E-state index is 0.284. The first-order valence-corrected chi connectivity index (χ1v) is 8.91. The van der Waals surface area contributed by atoms with Gasteiger partial charge in [0.15, 0.2) is 6.10 Å². The van der Waals surface area contributed by atoms with E-state index in [0.29, 0.717) is 5.56 Å². The average Bonchev–Trinajstić information content (AvgIpc) is 3.14. The highest BCUT2D eigenvalue weighted by Gasteiger charge is 2.23. The van der Waals surface area contributed by atoms with E-state index in [1.54, 1.807) is 26.1 Å². The molecule has 1 unspecified atom stereocenters. The molecule has 0 spiro atoms. The second-order valence-electron chi connectivity index (χ2n) is 6.54. The molecule has 0 fully saturated rings. The number of likely N-dealkylation sites (N-methyl/N-ethyl adjacent to an activating group) is 1. The molecule has 1 amide bonds. The first-order chi connectivity index (χ1) is 13.0. The SMILES string of the molecule is CC1=NN(c2ccc(C(=O)OC(C)C(=O)N(C)c3ccccc3)cc2)CC1. The quantitative estimate of drug-likeness (QED) is 0.761. The fraction of sp³-hybridized carbons (Fsp3) is 0.286. The van der Waals surface area contributed by atoms with E-state index >= 15 is 0 Å². The molecule has 0 saturated heterocycles. The predicted octanol–water partition coefficient (Wildman–Crippen LogP) is 3.48. The first kappa shape index (κ1) is 18.6. The van der Waals surface area contributed by atoms with Crippen LogP contribution in [0.15, 0.2) is 59.7 Å². The molecule has 140 valence electrons. The fourth-order valence-corrected chi connectivity index (χ4v) is 2.86. The highest BCUT2D eigenvalue weighted by Crippen LogP contribution is 2.20. The molecule has 1 aliphatic rings. The number of carbonyl (C=O) groups is 2. The molecule has 27 heavy (non-hydrogen) atoms. The normalized spacial score (nSPS) is 14.5. The van der Waals surface area contributed by atoms with E-state index in [-0.39, 0.29) is 5.91 Å². The van der Waals surface area contributed by atoms with Crippen molar-refractivity contribution >= 4 is 29.0 Å². The Morgan fingerprint density at radius 1 is 1.11 bits per heavy atom. The molecule has 1 heterocycles. The minimum atomic E-state index is -0.881. The Kier molecular flexibility index (Phi) is 5.54. The standard InChI is InChI=1S/C21H23N3O3/c1-15-13-14-24(22-15)19-11-9-17(10-12-19)21(26)27-16(2)20(25)23(3)18-7-5-4-6-8-18/h4-12,16H,13-14H2,1-3H3. The molecule has 1 atom stereocenters. The summed E-state index contributed by atoms with van der Waals surface area (Å²) in [5.41, 5.74) is 3.17. The second kappa shape index (κ2) is 8.03. The van der Waals surface area contributed by atoms with E-state index in [9.17, 15) is 9.59 Å². The zero-order chi connectivity index (χ0) is 19.4. The Labute approximate surface area is 159 Å². The monoisotopic (exact) mass is 365 g/mol. The maximum Gasteiger partial charge on any atom is 0.338 e. The molecule has 0 bridgehead atoms. The fourth-order valence-electron chi connectivity index (χ4n) is 2.86. The van der Waals surface area contributed by atoms with Crippen molar-refractivity contribution in [1.82, 2.24) is 0 Å². The number of rotatable bonds is 5. The Balaban J connectivity index is 1.61. The van der Waals surface area contributed by atoms with E-state index in [2.05, 4.69) is 5.10 Å². The van der Waals surface area contributed by atoms with E-state index in [1.165, 1.54) is 4.90 Å². The lowest BCUT2D eigenvalue weighted by molar-refractivity contribution is -0.126. The Morgan fingerprint density at radius 2 is 1.78 bits per heavy atom. The number of hydrogen-bond acceptors (Lipinski definition) is 5. The molecule has 0 saturated carbocycles. The van der Waals surface area contributed by atoms with Crippen LogP contribution in [0.5, 0.6) is 0 Å². The van der Waals surface area contributed by atoms with Crippen molar-refractivity contribution in [1.29, 1.82) is 0 Å². The van der Waals surface area contributed by atoms with Gasteiger partial charge in [0.25, 0.3) is 5.91 Å². The van der Waals surface area contributed by atoms with Gasteiger partial charge in [0, 0.05) is 31.4 Å². The van der Waals surface area contributed by atoms with Crippen molar-refractivity contribution in [3.05, 3.63) is 60.2 Å². The van der Waals surface area contributed by atoms with Crippen LogP contribution in [0.4, 0.5) is 11.4 Å². The third-order valence-corrected chi connectivity index (χ3v) is 4.48. The lowest BCUT2D eigenvalue weighted by Gasteiger charge is -2.21. The molecule has 0 aromatic heterocycles. The zero-order valence-electron chi connectivity index (χ0n) is 15.8. The number of amides is 1. The van der Waals surface area contributed by atoms with Crippen LogP contribution in [0.25, 0.3) is 0 Å². The van der Waals surface area contributed by atoms with Crippen LogP contribution in [0.2, 0.25) is 0 Å². The summed E-state index contributed by atoms with van der Waals surface area (Å²) in [5, 5.41) is 6.34. The third kappa shape index (κ3) is 4.34. The van der Waals surface area contributed by atoms with Crippen LogP contribution in [-0.2, 0) is 9.53 Å². The molecular weight excluding hydrogens is 342 g/mol. The van der Waals surface area contributed by atoms with Gasteiger partial charge in [-0.15, -0.1) is 0 Å². The first-order valence-electron chi connectivity index (χ1n) is 8.91. The summed E-state index contributed by atoms with van der Waals surface area (Å²) in [6.45, 7) is 4.42. The molecular formula is C21H23N3O3. The maximum atomic E-state index is 12.5. The molecule has 2 aromatic carbocycles. The predicted molar refractivity (Wildman–Crippen MR) is 106 cm³/mol. The van der Waals surface area contributed by atoms with Gasteiger partial charge in [0.1, 0.15) is 0 Å². The number of hydrogen-bond donors (Lipinski definition) is 0. The van der Waals surface area contributed by atoms with Crippen molar-refractivity contribution in [3.8, 4) is 0 Å². The van der Waals surface area contributed by atoms with Crippen LogP contribution < -0.4 is 9.91 Å². The van der Waals surface area contributed by atoms with E-state index < -0.39 is 12.1 Å². The summed E-state index contributed by atoms with van der Waals surface area (Å²) in [5.74, 6) is -0.807. The number of para-hydroxylation sites is 1. The summed E-state index contributed by atoms with van der Waals surface area (Å²) in [7, 11) is 1.66. The number of nitrogens with zero attached hydrogens (tertiary/aromatic N) is 3. The van der Waals surface area contributed by atoms with Gasteiger partial charge in [-0.2, -0.15) is 5.10 Å². The highest BCUT2D eigenvalue weighted by atomic mass is 16.5. The van der Waals surface area contributed by atoms with Gasteiger partial charge in [-0.05, 0) is 50.2 Å². The van der Waals surface area contributed by atoms with Gasteiger partial charge in [0.2, 0.25) is 0 Å². The van der Waals surface area contributed by atoms with Crippen molar-refractivity contribution in [2.45, 2.75) is 26.4 Å². The summed E-state index contributed by atoms with van der Waals surface area (Å²) in [6, 6.07) is 16.3. The largest absolute Gasteiger partial charge is 0.449 e.